The Balaban J connectivity index is 2.83. The van der Waals surface area contributed by atoms with Crippen LogP contribution in [0.2, 0.25) is 0 Å². The Kier molecular flexibility index (Phi) is 2.65. The maximum Gasteiger partial charge on any atom is 0.0792 e. The summed E-state index contributed by atoms with van der Waals surface area (Å²) in [7, 11) is 1.93. The number of nitrogens with two attached hydrogens (primary N) is 1. The third-order valence-electron chi connectivity index (χ3n) is 1.70. The molecule has 0 fully saturated rings. The molecule has 11 heavy (non-hydrogen) atoms. The van der Waals surface area contributed by atoms with Crippen molar-refractivity contribution in [2.24, 2.45) is 12.8 Å². The second-order valence-corrected chi connectivity index (χ2v) is 2.73. The number of aryl methyl sites for hydroxylation is 2. The van der Waals surface area contributed by atoms with Crippen molar-refractivity contribution in [1.29, 1.82) is 0 Å². The highest BCUT2D eigenvalue weighted by Crippen LogP contribution is 2.07. The fraction of sp³-hybridized carbons (Fsp3) is 0.625. The van der Waals surface area contributed by atoms with E-state index in [0.717, 1.165) is 18.5 Å². The molecular formula is C8H15N3. The predicted molar refractivity (Wildman–Crippen MR) is 45.1 cm³/mol. The molecule has 1 heterocycles. The van der Waals surface area contributed by atoms with Gasteiger partial charge in [-0.15, -0.1) is 0 Å². The van der Waals surface area contributed by atoms with Gasteiger partial charge in [-0.25, -0.2) is 0 Å². The number of aromatic nitrogens is 2. The first-order chi connectivity index (χ1) is 5.27. The molecule has 0 aromatic carbocycles. The van der Waals surface area contributed by atoms with E-state index in [1.54, 1.807) is 0 Å². The van der Waals surface area contributed by atoms with Crippen LogP contribution >= 0.6 is 0 Å². The van der Waals surface area contributed by atoms with Gasteiger partial charge < -0.3 is 5.73 Å². The molecule has 62 valence electrons. The van der Waals surface area contributed by atoms with Gasteiger partial charge in [-0.3, -0.25) is 4.68 Å². The molecule has 0 bridgehead atoms. The first-order valence-corrected chi connectivity index (χ1v) is 3.99. The van der Waals surface area contributed by atoms with E-state index >= 15 is 0 Å². The highest BCUT2D eigenvalue weighted by Gasteiger charge is 2.03. The summed E-state index contributed by atoms with van der Waals surface area (Å²) in [5, 5.41) is 4.24. The molecule has 0 aliphatic heterocycles. The van der Waals surface area contributed by atoms with Crippen LogP contribution in [0, 0.1) is 0 Å². The summed E-state index contributed by atoms with van der Waals surface area (Å²) in [4.78, 5) is 0. The molecule has 0 spiro atoms. The summed E-state index contributed by atoms with van der Waals surface area (Å²) >= 11 is 0. The fourth-order valence-electron chi connectivity index (χ4n) is 1.23. The highest BCUT2D eigenvalue weighted by molar-refractivity contribution is 5.16. The van der Waals surface area contributed by atoms with Crippen LogP contribution in [0.3, 0.4) is 0 Å². The van der Waals surface area contributed by atoms with Gasteiger partial charge in [0.05, 0.1) is 5.69 Å². The van der Waals surface area contributed by atoms with Crippen molar-refractivity contribution in [2.75, 3.05) is 0 Å². The fourth-order valence-corrected chi connectivity index (χ4v) is 1.23. The minimum absolute atomic E-state index is 0.552. The average molecular weight is 153 g/mol. The van der Waals surface area contributed by atoms with Crippen molar-refractivity contribution < 1.29 is 0 Å². The number of hydrogen-bond acceptors (Lipinski definition) is 2. The summed E-state index contributed by atoms with van der Waals surface area (Å²) in [5.74, 6) is 0. The van der Waals surface area contributed by atoms with Gasteiger partial charge >= 0.3 is 0 Å². The van der Waals surface area contributed by atoms with E-state index in [-0.39, 0.29) is 0 Å². The highest BCUT2D eigenvalue weighted by atomic mass is 15.3. The SMILES string of the molecule is CCCc1cn(C)nc1CN. The molecule has 0 aliphatic carbocycles. The Labute approximate surface area is 67.2 Å². The second kappa shape index (κ2) is 3.53. The summed E-state index contributed by atoms with van der Waals surface area (Å²) in [6, 6.07) is 0. The Morgan fingerprint density at radius 2 is 2.36 bits per heavy atom. The van der Waals surface area contributed by atoms with Gasteiger partial charge in [-0.2, -0.15) is 5.10 Å². The maximum atomic E-state index is 5.52. The van der Waals surface area contributed by atoms with E-state index in [1.807, 2.05) is 17.9 Å². The van der Waals surface area contributed by atoms with Gasteiger partial charge in [-0.05, 0) is 12.0 Å². The van der Waals surface area contributed by atoms with Crippen molar-refractivity contribution in [3.8, 4) is 0 Å². The smallest absolute Gasteiger partial charge is 0.0792 e. The molecule has 0 aliphatic rings. The zero-order valence-corrected chi connectivity index (χ0v) is 7.17. The molecule has 1 aromatic heterocycles. The van der Waals surface area contributed by atoms with Crippen LogP contribution in [0.1, 0.15) is 24.6 Å². The Morgan fingerprint density at radius 1 is 1.64 bits per heavy atom. The number of nitrogens with zero attached hydrogens (tertiary/aromatic N) is 2. The minimum Gasteiger partial charge on any atom is -0.325 e. The van der Waals surface area contributed by atoms with E-state index in [9.17, 15) is 0 Å². The van der Waals surface area contributed by atoms with Crippen molar-refractivity contribution in [3.05, 3.63) is 17.5 Å². The van der Waals surface area contributed by atoms with Gasteiger partial charge in [0.25, 0.3) is 0 Å². The standard InChI is InChI=1S/C8H15N3/c1-3-4-7-6-11(2)10-8(7)5-9/h6H,3-5,9H2,1-2H3. The van der Waals surface area contributed by atoms with Gasteiger partial charge in [0, 0.05) is 19.8 Å². The van der Waals surface area contributed by atoms with Crippen molar-refractivity contribution in [3.63, 3.8) is 0 Å². The lowest BCUT2D eigenvalue weighted by Crippen LogP contribution is -2.01. The van der Waals surface area contributed by atoms with Crippen molar-refractivity contribution >= 4 is 0 Å². The van der Waals surface area contributed by atoms with Gasteiger partial charge in [0.2, 0.25) is 0 Å². The van der Waals surface area contributed by atoms with Crippen LogP contribution in [0.5, 0.6) is 0 Å². The third-order valence-corrected chi connectivity index (χ3v) is 1.70. The number of hydrogen-bond donors (Lipinski definition) is 1. The first kappa shape index (κ1) is 8.27. The third kappa shape index (κ3) is 1.80. The van der Waals surface area contributed by atoms with E-state index in [4.69, 9.17) is 5.73 Å². The monoisotopic (exact) mass is 153 g/mol. The molecule has 0 saturated carbocycles. The zero-order valence-electron chi connectivity index (χ0n) is 7.17. The Morgan fingerprint density at radius 3 is 2.91 bits per heavy atom. The van der Waals surface area contributed by atoms with E-state index < -0.39 is 0 Å². The van der Waals surface area contributed by atoms with Gasteiger partial charge in [0.1, 0.15) is 0 Å². The largest absolute Gasteiger partial charge is 0.325 e. The predicted octanol–water partition coefficient (Wildman–Crippen LogP) is 0.831. The molecule has 0 radical (unpaired) electrons. The molecular weight excluding hydrogens is 138 g/mol. The van der Waals surface area contributed by atoms with Crippen LogP contribution in [0.25, 0.3) is 0 Å². The lowest BCUT2D eigenvalue weighted by molar-refractivity contribution is 0.742. The van der Waals surface area contributed by atoms with Crippen LogP contribution in [0.4, 0.5) is 0 Å². The quantitative estimate of drug-likeness (QED) is 0.699. The lowest BCUT2D eigenvalue weighted by atomic mass is 10.1. The minimum atomic E-state index is 0.552. The summed E-state index contributed by atoms with van der Waals surface area (Å²) in [5.41, 5.74) is 7.84. The topological polar surface area (TPSA) is 43.8 Å². The summed E-state index contributed by atoms with van der Waals surface area (Å²) in [6.45, 7) is 2.71. The van der Waals surface area contributed by atoms with Crippen LogP contribution in [-0.2, 0) is 20.0 Å². The maximum absolute atomic E-state index is 5.52. The Hall–Kier alpha value is -0.830. The van der Waals surface area contributed by atoms with Crippen LogP contribution < -0.4 is 5.73 Å². The van der Waals surface area contributed by atoms with Gasteiger partial charge in [-0.1, -0.05) is 13.3 Å². The second-order valence-electron chi connectivity index (χ2n) is 2.73. The van der Waals surface area contributed by atoms with Gasteiger partial charge in [0.15, 0.2) is 0 Å². The molecule has 0 saturated heterocycles. The molecule has 3 nitrogen and oxygen atoms in total. The van der Waals surface area contributed by atoms with Crippen molar-refractivity contribution in [2.45, 2.75) is 26.3 Å². The summed E-state index contributed by atoms with van der Waals surface area (Å²) < 4.78 is 1.83. The van der Waals surface area contributed by atoms with Crippen LogP contribution in [0.15, 0.2) is 6.20 Å². The average Bonchev–Trinajstić information content (AvgIpc) is 2.32. The molecule has 0 unspecified atom stereocenters. The first-order valence-electron chi connectivity index (χ1n) is 3.99. The Bertz CT molecular complexity index is 227. The molecule has 1 rings (SSSR count). The zero-order chi connectivity index (χ0) is 8.27. The lowest BCUT2D eigenvalue weighted by Gasteiger charge is -1.94. The molecule has 1 aromatic rings. The van der Waals surface area contributed by atoms with Crippen LogP contribution in [-0.4, -0.2) is 9.78 Å². The van der Waals surface area contributed by atoms with E-state index in [0.29, 0.717) is 6.54 Å². The van der Waals surface area contributed by atoms with E-state index in [2.05, 4.69) is 12.0 Å². The molecule has 3 heteroatoms. The molecule has 0 atom stereocenters. The molecule has 0 amide bonds. The molecule has 2 N–H and O–H groups in total. The summed E-state index contributed by atoms with van der Waals surface area (Å²) in [6.07, 6.45) is 4.28. The van der Waals surface area contributed by atoms with E-state index in [1.165, 1.54) is 5.56 Å². The van der Waals surface area contributed by atoms with Crippen molar-refractivity contribution in [1.82, 2.24) is 9.78 Å². The normalized spacial score (nSPS) is 10.5. The number of rotatable bonds is 3.